The van der Waals surface area contributed by atoms with Crippen molar-refractivity contribution in [3.63, 3.8) is 0 Å². The van der Waals surface area contributed by atoms with Crippen molar-refractivity contribution in [2.75, 3.05) is 27.9 Å². The number of ether oxygens (including phenoxy) is 3. The van der Waals surface area contributed by atoms with Crippen LogP contribution in [0.25, 0.3) is 0 Å². The van der Waals surface area contributed by atoms with Crippen LogP contribution in [0.3, 0.4) is 0 Å². The predicted octanol–water partition coefficient (Wildman–Crippen LogP) is 1.38. The lowest BCUT2D eigenvalue weighted by Crippen LogP contribution is -2.04. The van der Waals surface area contributed by atoms with Crippen molar-refractivity contribution in [1.29, 1.82) is 0 Å². The van der Waals surface area contributed by atoms with Gasteiger partial charge in [0.1, 0.15) is 0 Å². The molecule has 0 unspecified atom stereocenters. The van der Waals surface area contributed by atoms with Gasteiger partial charge in [-0.2, -0.15) is 0 Å². The third-order valence-electron chi connectivity index (χ3n) is 2.16. The Balaban J connectivity index is 0.00000225. The molecular formula is C11H20N2O3. The minimum absolute atomic E-state index is 0. The summed E-state index contributed by atoms with van der Waals surface area (Å²) in [4.78, 5) is 0. The van der Waals surface area contributed by atoms with Crippen molar-refractivity contribution >= 4 is 0 Å². The first-order valence-electron chi connectivity index (χ1n) is 4.75. The fourth-order valence-electron chi connectivity index (χ4n) is 1.45. The number of nitrogens with two attached hydrogens (primary N) is 1. The zero-order valence-electron chi connectivity index (χ0n) is 10.1. The van der Waals surface area contributed by atoms with E-state index in [-0.39, 0.29) is 6.15 Å². The van der Waals surface area contributed by atoms with Gasteiger partial charge in [-0.15, -0.1) is 0 Å². The summed E-state index contributed by atoms with van der Waals surface area (Å²) in [6, 6.07) is 3.82. The molecule has 5 nitrogen and oxygen atoms in total. The van der Waals surface area contributed by atoms with E-state index in [1.165, 1.54) is 0 Å². The zero-order valence-corrected chi connectivity index (χ0v) is 10.1. The van der Waals surface area contributed by atoms with Gasteiger partial charge in [0.05, 0.1) is 21.3 Å². The van der Waals surface area contributed by atoms with E-state index in [9.17, 15) is 0 Å². The van der Waals surface area contributed by atoms with Crippen LogP contribution < -0.4 is 26.1 Å². The molecule has 0 aliphatic carbocycles. The van der Waals surface area contributed by atoms with Crippen molar-refractivity contribution in [2.24, 2.45) is 5.73 Å². The third kappa shape index (κ3) is 3.01. The van der Waals surface area contributed by atoms with Crippen molar-refractivity contribution in [3.8, 4) is 17.2 Å². The van der Waals surface area contributed by atoms with Gasteiger partial charge >= 0.3 is 0 Å². The first-order chi connectivity index (χ1) is 7.26. The van der Waals surface area contributed by atoms with Crippen LogP contribution in [0.5, 0.6) is 17.2 Å². The van der Waals surface area contributed by atoms with E-state index in [0.29, 0.717) is 23.8 Å². The van der Waals surface area contributed by atoms with Crippen LogP contribution in [0, 0.1) is 0 Å². The van der Waals surface area contributed by atoms with Crippen LogP contribution in [-0.4, -0.2) is 27.9 Å². The summed E-state index contributed by atoms with van der Waals surface area (Å²) in [7, 11) is 4.79. The lowest BCUT2D eigenvalue weighted by Gasteiger charge is -2.13. The Hall–Kier alpha value is -1.46. The molecule has 0 heterocycles. The highest BCUT2D eigenvalue weighted by molar-refractivity contribution is 5.53. The molecule has 0 radical (unpaired) electrons. The zero-order chi connectivity index (χ0) is 11.3. The number of hydrogen-bond donors (Lipinski definition) is 2. The maximum absolute atomic E-state index is 5.50. The normalized spacial score (nSPS) is 9.25. The van der Waals surface area contributed by atoms with Gasteiger partial charge in [-0.1, -0.05) is 0 Å². The summed E-state index contributed by atoms with van der Waals surface area (Å²) in [6.07, 6.45) is 0.788. The molecule has 0 saturated carbocycles. The van der Waals surface area contributed by atoms with Gasteiger partial charge in [-0.25, -0.2) is 0 Å². The molecule has 0 aromatic heterocycles. The lowest BCUT2D eigenvalue weighted by atomic mass is 10.1. The molecule has 16 heavy (non-hydrogen) atoms. The molecule has 0 bridgehead atoms. The van der Waals surface area contributed by atoms with Gasteiger partial charge in [0.2, 0.25) is 5.75 Å². The van der Waals surface area contributed by atoms with E-state index >= 15 is 0 Å². The maximum atomic E-state index is 5.50. The average molecular weight is 228 g/mol. The Kier molecular flexibility index (Phi) is 6.29. The minimum Gasteiger partial charge on any atom is -0.493 e. The van der Waals surface area contributed by atoms with Gasteiger partial charge in [0.15, 0.2) is 11.5 Å². The van der Waals surface area contributed by atoms with Crippen molar-refractivity contribution in [2.45, 2.75) is 6.42 Å². The van der Waals surface area contributed by atoms with E-state index < -0.39 is 0 Å². The predicted molar refractivity (Wildman–Crippen MR) is 63.9 cm³/mol. The summed E-state index contributed by atoms with van der Waals surface area (Å²) in [5, 5.41) is 0. The summed E-state index contributed by atoms with van der Waals surface area (Å²) in [5.41, 5.74) is 6.58. The molecular weight excluding hydrogens is 208 g/mol. The molecule has 1 aromatic rings. The second kappa shape index (κ2) is 6.92. The standard InChI is InChI=1S/C11H17NO3.H3N/c1-13-9-6-8(4-5-12)7-10(14-2)11(9)15-3;/h6-7H,4-5,12H2,1-3H3;1H3. The first-order valence-corrected chi connectivity index (χ1v) is 4.75. The molecule has 1 rings (SSSR count). The molecule has 0 fully saturated rings. The highest BCUT2D eigenvalue weighted by atomic mass is 16.5. The molecule has 0 saturated heterocycles. The lowest BCUT2D eigenvalue weighted by molar-refractivity contribution is 0.324. The van der Waals surface area contributed by atoms with Crippen molar-refractivity contribution in [1.82, 2.24) is 6.15 Å². The van der Waals surface area contributed by atoms with Gasteiger partial charge in [-0.05, 0) is 30.7 Å². The summed E-state index contributed by atoms with van der Waals surface area (Å²) in [5.74, 6) is 1.95. The monoisotopic (exact) mass is 228 g/mol. The molecule has 0 aliphatic heterocycles. The highest BCUT2D eigenvalue weighted by Gasteiger charge is 2.12. The van der Waals surface area contributed by atoms with Crippen molar-refractivity contribution < 1.29 is 14.2 Å². The SMILES string of the molecule is COc1cc(CCN)cc(OC)c1OC.N. The number of methoxy groups -OCH3 is 3. The Morgan fingerprint density at radius 3 is 1.81 bits per heavy atom. The number of rotatable bonds is 5. The Labute approximate surface area is 96.1 Å². The smallest absolute Gasteiger partial charge is 0.203 e. The van der Waals surface area contributed by atoms with Crippen LogP contribution in [0.4, 0.5) is 0 Å². The molecule has 92 valence electrons. The Bertz CT molecular complexity index is 304. The van der Waals surface area contributed by atoms with Crippen LogP contribution >= 0.6 is 0 Å². The fraction of sp³-hybridized carbons (Fsp3) is 0.455. The summed E-state index contributed by atoms with van der Waals surface area (Å²) in [6.45, 7) is 0.596. The summed E-state index contributed by atoms with van der Waals surface area (Å²) >= 11 is 0. The molecule has 5 N–H and O–H groups in total. The second-order valence-electron chi connectivity index (χ2n) is 3.07. The third-order valence-corrected chi connectivity index (χ3v) is 2.16. The quantitative estimate of drug-likeness (QED) is 0.794. The topological polar surface area (TPSA) is 88.7 Å². The van der Waals surface area contributed by atoms with Crippen LogP contribution in [0.1, 0.15) is 5.56 Å². The molecule has 1 aromatic carbocycles. The summed E-state index contributed by atoms with van der Waals surface area (Å²) < 4.78 is 15.6. The number of hydrogen-bond acceptors (Lipinski definition) is 5. The first kappa shape index (κ1) is 14.5. The molecule has 0 spiro atoms. The van der Waals surface area contributed by atoms with Crippen LogP contribution in [-0.2, 0) is 6.42 Å². The van der Waals surface area contributed by atoms with Gasteiger partial charge in [-0.3, -0.25) is 0 Å². The molecule has 0 aliphatic rings. The van der Waals surface area contributed by atoms with Crippen molar-refractivity contribution in [3.05, 3.63) is 17.7 Å². The molecule has 0 amide bonds. The Morgan fingerprint density at radius 2 is 1.50 bits per heavy atom. The fourth-order valence-corrected chi connectivity index (χ4v) is 1.45. The van der Waals surface area contributed by atoms with E-state index in [2.05, 4.69) is 0 Å². The molecule has 5 heteroatoms. The second-order valence-corrected chi connectivity index (χ2v) is 3.07. The van der Waals surface area contributed by atoms with E-state index in [0.717, 1.165) is 12.0 Å². The Morgan fingerprint density at radius 1 is 1.00 bits per heavy atom. The number of benzene rings is 1. The van der Waals surface area contributed by atoms with Gasteiger partial charge in [0.25, 0.3) is 0 Å². The average Bonchev–Trinajstić information content (AvgIpc) is 2.28. The minimum atomic E-state index is 0. The largest absolute Gasteiger partial charge is 0.493 e. The van der Waals surface area contributed by atoms with Crippen LogP contribution in [0.2, 0.25) is 0 Å². The highest BCUT2D eigenvalue weighted by Crippen LogP contribution is 2.38. The van der Waals surface area contributed by atoms with E-state index in [1.54, 1.807) is 21.3 Å². The maximum Gasteiger partial charge on any atom is 0.203 e. The van der Waals surface area contributed by atoms with Gasteiger partial charge in [0, 0.05) is 0 Å². The van der Waals surface area contributed by atoms with E-state index in [4.69, 9.17) is 19.9 Å². The van der Waals surface area contributed by atoms with Gasteiger partial charge < -0.3 is 26.1 Å². The van der Waals surface area contributed by atoms with E-state index in [1.807, 2.05) is 12.1 Å². The molecule has 0 atom stereocenters. The van der Waals surface area contributed by atoms with Crippen LogP contribution in [0.15, 0.2) is 12.1 Å².